The number of phosphoric ester groups is 1. The average Bonchev–Trinajstić information content (AvgIpc) is 3.44. The van der Waals surface area contributed by atoms with Gasteiger partial charge in [-0.3, -0.25) is 13.9 Å². The molecule has 204 valence electrons. The van der Waals surface area contributed by atoms with Crippen molar-refractivity contribution in [2.24, 2.45) is 0 Å². The van der Waals surface area contributed by atoms with E-state index in [2.05, 4.69) is 19.6 Å². The molecule has 0 amide bonds. The Hall–Kier alpha value is -3.71. The fourth-order valence-corrected chi connectivity index (χ4v) is 4.50. The molecule has 39 heavy (non-hydrogen) atoms. The highest BCUT2D eigenvalue weighted by molar-refractivity contribution is 7.46. The van der Waals surface area contributed by atoms with Gasteiger partial charge in [0, 0.05) is 17.3 Å². The molecule has 5 aromatic rings. The van der Waals surface area contributed by atoms with E-state index in [1.54, 1.807) is 19.9 Å². The highest BCUT2D eigenvalue weighted by Crippen LogP contribution is 2.41. The van der Waals surface area contributed by atoms with E-state index >= 15 is 4.39 Å². The molecule has 0 aliphatic carbocycles. The Kier molecular flexibility index (Phi) is 6.54. The maximum absolute atomic E-state index is 15.7. The topological polar surface area (TPSA) is 115 Å². The highest BCUT2D eigenvalue weighted by Gasteiger charge is 2.39. The van der Waals surface area contributed by atoms with Crippen LogP contribution in [0.15, 0.2) is 48.9 Å². The second-order valence-electron chi connectivity index (χ2n) is 8.95. The van der Waals surface area contributed by atoms with Crippen molar-refractivity contribution in [2.45, 2.75) is 32.7 Å². The van der Waals surface area contributed by atoms with E-state index in [1.807, 2.05) is 0 Å². The number of nitrogens with zero attached hydrogens (tertiary/aromatic N) is 5. The SMILES string of the molecule is CC(C)c1cc(-c2cn3c(-c4ccc5c(cnn5COP(=O)(O)O)c4F)c(C(F)(F)F)nc3cn2)ccc1F. The van der Waals surface area contributed by atoms with Crippen molar-refractivity contribution in [1.82, 2.24) is 24.1 Å². The summed E-state index contributed by atoms with van der Waals surface area (Å²) in [5.74, 6) is -1.66. The number of hydrogen-bond acceptors (Lipinski definition) is 5. The van der Waals surface area contributed by atoms with E-state index in [4.69, 9.17) is 9.79 Å². The maximum atomic E-state index is 15.7. The molecule has 2 aromatic carbocycles. The van der Waals surface area contributed by atoms with E-state index in [9.17, 15) is 22.1 Å². The number of rotatable bonds is 6. The van der Waals surface area contributed by atoms with Gasteiger partial charge >= 0.3 is 14.0 Å². The summed E-state index contributed by atoms with van der Waals surface area (Å²) in [7, 11) is -4.86. The Morgan fingerprint density at radius 3 is 2.51 bits per heavy atom. The van der Waals surface area contributed by atoms with Gasteiger partial charge in [0.25, 0.3) is 0 Å². The van der Waals surface area contributed by atoms with E-state index in [-0.39, 0.29) is 28.2 Å². The lowest BCUT2D eigenvalue weighted by atomic mass is 9.99. The average molecular weight is 567 g/mol. The second kappa shape index (κ2) is 9.49. The summed E-state index contributed by atoms with van der Waals surface area (Å²) in [6.45, 7) is 2.87. The molecule has 0 unspecified atom stereocenters. The lowest BCUT2D eigenvalue weighted by Crippen LogP contribution is -2.08. The minimum atomic E-state index is -4.95. The Labute approximate surface area is 216 Å². The highest BCUT2D eigenvalue weighted by atomic mass is 31.2. The van der Waals surface area contributed by atoms with Crippen molar-refractivity contribution < 1.29 is 40.8 Å². The Morgan fingerprint density at radius 1 is 1.10 bits per heavy atom. The normalized spacial score (nSPS) is 12.8. The molecule has 0 spiro atoms. The molecule has 0 bridgehead atoms. The van der Waals surface area contributed by atoms with Crippen LogP contribution in [0.3, 0.4) is 0 Å². The summed E-state index contributed by atoms with van der Waals surface area (Å²) in [6.07, 6.45) is -1.57. The van der Waals surface area contributed by atoms with Gasteiger partial charge in [0.15, 0.2) is 18.1 Å². The third kappa shape index (κ3) is 5.03. The minimum absolute atomic E-state index is 0.0296. The van der Waals surface area contributed by atoms with Gasteiger partial charge in [-0.1, -0.05) is 13.8 Å². The molecule has 0 radical (unpaired) electrons. The van der Waals surface area contributed by atoms with Crippen LogP contribution in [0.25, 0.3) is 39.1 Å². The quantitative estimate of drug-likeness (QED) is 0.194. The van der Waals surface area contributed by atoms with E-state index < -0.39 is 49.3 Å². The molecule has 0 saturated carbocycles. The molecular formula is C24H19F5N5O4P. The number of hydrogen-bond donors (Lipinski definition) is 2. The van der Waals surface area contributed by atoms with Crippen LogP contribution in [0.2, 0.25) is 0 Å². The molecule has 3 heterocycles. The number of phosphoric acid groups is 1. The lowest BCUT2D eigenvalue weighted by molar-refractivity contribution is -0.140. The summed E-state index contributed by atoms with van der Waals surface area (Å²) in [4.78, 5) is 25.7. The molecule has 15 heteroatoms. The van der Waals surface area contributed by atoms with Crippen molar-refractivity contribution in [3.05, 3.63) is 71.8 Å². The first-order chi connectivity index (χ1) is 18.2. The van der Waals surface area contributed by atoms with Gasteiger partial charge in [0.1, 0.15) is 11.6 Å². The van der Waals surface area contributed by atoms with Gasteiger partial charge < -0.3 is 9.79 Å². The van der Waals surface area contributed by atoms with Gasteiger partial charge in [-0.05, 0) is 41.8 Å². The first kappa shape index (κ1) is 26.9. The molecule has 0 fully saturated rings. The monoisotopic (exact) mass is 567 g/mol. The van der Waals surface area contributed by atoms with Crippen LogP contribution in [0.5, 0.6) is 0 Å². The molecule has 5 rings (SSSR count). The number of halogens is 5. The van der Waals surface area contributed by atoms with Gasteiger partial charge in [-0.2, -0.15) is 18.3 Å². The van der Waals surface area contributed by atoms with Crippen LogP contribution in [-0.2, 0) is 22.0 Å². The molecule has 3 aromatic heterocycles. The zero-order valence-electron chi connectivity index (χ0n) is 20.2. The molecule has 9 nitrogen and oxygen atoms in total. The number of benzene rings is 2. The Morgan fingerprint density at radius 2 is 1.85 bits per heavy atom. The standard InChI is InChI=1S/C24H19F5N5O4P/c1-12(2)15-7-13(3-5-17(15)25)18-10-33-20(9-30-18)32-23(24(27,28)29)22(33)14-4-6-19-16(21(14)26)8-31-34(19)11-38-39(35,36)37/h3-10,12H,11H2,1-2H3,(H2,35,36,37). The Bertz CT molecular complexity index is 1780. The fourth-order valence-electron chi connectivity index (χ4n) is 4.24. The van der Waals surface area contributed by atoms with Crippen molar-refractivity contribution in [2.75, 3.05) is 0 Å². The summed E-state index contributed by atoms with van der Waals surface area (Å²) in [5.41, 5.74) is -1.51. The lowest BCUT2D eigenvalue weighted by Gasteiger charge is -2.12. The summed E-state index contributed by atoms with van der Waals surface area (Å²) in [5, 5.41) is 3.61. The van der Waals surface area contributed by atoms with Crippen molar-refractivity contribution in [3.8, 4) is 22.5 Å². The molecule has 0 atom stereocenters. The Balaban J connectivity index is 1.70. The van der Waals surface area contributed by atoms with Crippen molar-refractivity contribution in [1.29, 1.82) is 0 Å². The number of alkyl halides is 3. The third-order valence-corrected chi connectivity index (χ3v) is 6.51. The molecular weight excluding hydrogens is 548 g/mol. The fraction of sp³-hybridized carbons (Fsp3) is 0.208. The second-order valence-corrected chi connectivity index (χ2v) is 10.2. The van der Waals surface area contributed by atoms with E-state index in [0.29, 0.717) is 11.1 Å². The van der Waals surface area contributed by atoms with Gasteiger partial charge in [-0.15, -0.1) is 0 Å². The van der Waals surface area contributed by atoms with Crippen LogP contribution in [0.4, 0.5) is 22.0 Å². The van der Waals surface area contributed by atoms with Crippen LogP contribution in [0.1, 0.15) is 31.0 Å². The smallest absolute Gasteiger partial charge is 0.303 e. The number of fused-ring (bicyclic) bond motifs is 2. The summed E-state index contributed by atoms with van der Waals surface area (Å²) in [6, 6.07) is 6.57. The zero-order valence-corrected chi connectivity index (χ0v) is 21.1. The molecule has 0 saturated heterocycles. The van der Waals surface area contributed by atoms with E-state index in [1.165, 1.54) is 24.4 Å². The van der Waals surface area contributed by atoms with Crippen LogP contribution in [-0.4, -0.2) is 33.9 Å². The molecule has 0 aliphatic heterocycles. The van der Waals surface area contributed by atoms with Crippen molar-refractivity contribution >= 4 is 24.4 Å². The molecule has 0 aliphatic rings. The summed E-state index contributed by atoms with van der Waals surface area (Å²) < 4.78 is 89.6. The van der Waals surface area contributed by atoms with Gasteiger partial charge in [0.2, 0.25) is 0 Å². The van der Waals surface area contributed by atoms with Gasteiger partial charge in [-0.25, -0.2) is 23.0 Å². The maximum Gasteiger partial charge on any atom is 0.471 e. The van der Waals surface area contributed by atoms with Crippen LogP contribution >= 0.6 is 7.82 Å². The number of imidazole rings is 1. The third-order valence-electron chi connectivity index (χ3n) is 6.06. The van der Waals surface area contributed by atoms with Crippen LogP contribution in [0, 0.1) is 11.6 Å². The first-order valence-electron chi connectivity index (χ1n) is 11.3. The first-order valence-corrected chi connectivity index (χ1v) is 12.9. The minimum Gasteiger partial charge on any atom is -0.303 e. The predicted molar refractivity (Wildman–Crippen MR) is 129 cm³/mol. The molecule has 2 N–H and O–H groups in total. The summed E-state index contributed by atoms with van der Waals surface area (Å²) >= 11 is 0. The predicted octanol–water partition coefficient (Wildman–Crippen LogP) is 5.90. The largest absolute Gasteiger partial charge is 0.471 e. The zero-order chi connectivity index (χ0) is 28.3. The van der Waals surface area contributed by atoms with Gasteiger partial charge in [0.05, 0.1) is 34.7 Å². The van der Waals surface area contributed by atoms with E-state index in [0.717, 1.165) is 27.5 Å². The number of aromatic nitrogens is 5. The van der Waals surface area contributed by atoms with Crippen LogP contribution < -0.4 is 0 Å². The van der Waals surface area contributed by atoms with Crippen molar-refractivity contribution in [3.63, 3.8) is 0 Å².